The average Bonchev–Trinajstić information content (AvgIpc) is 3.45. The van der Waals surface area contributed by atoms with E-state index >= 15 is 0 Å². The Bertz CT molecular complexity index is 855. The number of imide groups is 1. The standard InChI is InChI=1S/C35H61N2O5.HI/c1-4-6-7-8-9-10-11-12-13-14-15-16-17-18-19-22-25-40-28-32-26-34(41-29-32)30-42-35(39)37(31(3)38)27-33-23-20-21-24-36(33)5-2;/h20-21,23-24,32,34H,4-19,22,25-30H2,1-3H3;1H/q+1;/p-1/t32-,34-;/m1./s1. The fourth-order valence-electron chi connectivity index (χ4n) is 5.69. The van der Waals surface area contributed by atoms with E-state index < -0.39 is 6.09 Å². The zero-order chi connectivity index (χ0) is 30.3. The molecule has 7 nitrogen and oxygen atoms in total. The smallest absolute Gasteiger partial charge is 0.417 e. The van der Waals surface area contributed by atoms with Gasteiger partial charge in [0.05, 0.1) is 19.3 Å². The summed E-state index contributed by atoms with van der Waals surface area (Å²) in [5, 5.41) is 0. The number of amides is 2. The van der Waals surface area contributed by atoms with Crippen LogP contribution in [0.15, 0.2) is 24.4 Å². The number of aryl methyl sites for hydroxylation is 1. The third kappa shape index (κ3) is 18.3. The van der Waals surface area contributed by atoms with Crippen molar-refractivity contribution in [1.82, 2.24) is 4.90 Å². The first-order chi connectivity index (χ1) is 20.5. The summed E-state index contributed by atoms with van der Waals surface area (Å²) in [6.07, 6.45) is 23.9. The van der Waals surface area contributed by atoms with Crippen LogP contribution in [-0.2, 0) is 32.1 Å². The molecule has 1 aliphatic rings. The lowest BCUT2D eigenvalue weighted by Gasteiger charge is -2.19. The molecule has 43 heavy (non-hydrogen) atoms. The van der Waals surface area contributed by atoms with Crippen LogP contribution in [-0.4, -0.2) is 49.4 Å². The second-order valence-electron chi connectivity index (χ2n) is 12.1. The number of nitrogens with zero attached hydrogens (tertiary/aromatic N) is 2. The van der Waals surface area contributed by atoms with Crippen LogP contribution >= 0.6 is 0 Å². The third-order valence-corrected chi connectivity index (χ3v) is 8.35. The van der Waals surface area contributed by atoms with Gasteiger partial charge in [0.1, 0.15) is 19.7 Å². The topological polar surface area (TPSA) is 69.0 Å². The summed E-state index contributed by atoms with van der Waals surface area (Å²) in [5.74, 6) is -0.00860. The SMILES string of the molecule is CCCCCCCCCCCCCCCCCCOC[C@@H]1CO[C@@H](COC(=O)N(Cc2cccc[n+]2CC)C(C)=O)C1.[I-]. The lowest BCUT2D eigenvalue weighted by Crippen LogP contribution is -3.00. The van der Waals surface area contributed by atoms with E-state index in [0.29, 0.717) is 19.1 Å². The normalized spacial score (nSPS) is 16.2. The highest BCUT2D eigenvalue weighted by atomic mass is 127. The van der Waals surface area contributed by atoms with Gasteiger partial charge in [-0.05, 0) is 19.8 Å². The van der Waals surface area contributed by atoms with Gasteiger partial charge in [0.2, 0.25) is 11.6 Å². The predicted molar refractivity (Wildman–Crippen MR) is 168 cm³/mol. The van der Waals surface area contributed by atoms with Crippen LogP contribution < -0.4 is 28.5 Å². The van der Waals surface area contributed by atoms with E-state index in [1.807, 2.05) is 35.9 Å². The average molecular weight is 717 g/mol. The number of hydrogen-bond acceptors (Lipinski definition) is 5. The van der Waals surface area contributed by atoms with Gasteiger partial charge in [-0.15, -0.1) is 0 Å². The zero-order valence-corrected chi connectivity index (χ0v) is 29.7. The van der Waals surface area contributed by atoms with E-state index in [1.165, 1.54) is 103 Å². The van der Waals surface area contributed by atoms with E-state index in [2.05, 4.69) is 6.92 Å². The summed E-state index contributed by atoms with van der Waals surface area (Å²) in [6.45, 7) is 8.91. The van der Waals surface area contributed by atoms with Crippen molar-refractivity contribution in [3.8, 4) is 0 Å². The largest absolute Gasteiger partial charge is 1.00 e. The Morgan fingerprint density at radius 1 is 0.860 bits per heavy atom. The highest BCUT2D eigenvalue weighted by Gasteiger charge is 2.29. The van der Waals surface area contributed by atoms with Gasteiger partial charge in [-0.1, -0.05) is 109 Å². The molecule has 8 heteroatoms. The number of rotatable bonds is 24. The molecule has 1 fully saturated rings. The van der Waals surface area contributed by atoms with Crippen molar-refractivity contribution in [1.29, 1.82) is 0 Å². The number of carbonyl (C=O) groups excluding carboxylic acids is 2. The molecule has 1 aromatic rings. The molecule has 2 amide bonds. The molecule has 1 saturated heterocycles. The van der Waals surface area contributed by atoms with Crippen molar-refractivity contribution in [3.63, 3.8) is 0 Å². The highest BCUT2D eigenvalue weighted by Crippen LogP contribution is 2.21. The Morgan fingerprint density at radius 3 is 2.00 bits per heavy atom. The summed E-state index contributed by atoms with van der Waals surface area (Å²) in [4.78, 5) is 26.0. The fourth-order valence-corrected chi connectivity index (χ4v) is 5.69. The van der Waals surface area contributed by atoms with Crippen LogP contribution in [0.2, 0.25) is 0 Å². The molecule has 0 aromatic carbocycles. The molecule has 0 spiro atoms. The number of hydrogen-bond donors (Lipinski definition) is 0. The molecular formula is C35H61IN2O5. The maximum absolute atomic E-state index is 12.7. The molecule has 0 radical (unpaired) electrons. The maximum Gasteiger partial charge on any atom is 0.417 e. The Morgan fingerprint density at radius 2 is 1.44 bits per heavy atom. The molecular weight excluding hydrogens is 655 g/mol. The van der Waals surface area contributed by atoms with Crippen LogP contribution in [0.5, 0.6) is 0 Å². The quantitative estimate of drug-likeness (QED) is 0.0840. The summed E-state index contributed by atoms with van der Waals surface area (Å²) in [5.41, 5.74) is 0.880. The van der Waals surface area contributed by atoms with E-state index in [0.717, 1.165) is 36.6 Å². The molecule has 2 rings (SSSR count). The van der Waals surface area contributed by atoms with Gasteiger partial charge in [-0.25, -0.2) is 14.3 Å². The third-order valence-electron chi connectivity index (χ3n) is 8.35. The van der Waals surface area contributed by atoms with Gasteiger partial charge in [-0.3, -0.25) is 4.79 Å². The first-order valence-electron chi connectivity index (χ1n) is 17.2. The number of halogens is 1. The maximum atomic E-state index is 12.7. The molecule has 2 heterocycles. The van der Waals surface area contributed by atoms with E-state index in [-0.39, 0.29) is 49.1 Å². The van der Waals surface area contributed by atoms with Crippen LogP contribution in [0.3, 0.4) is 0 Å². The van der Waals surface area contributed by atoms with Gasteiger partial charge >= 0.3 is 6.09 Å². The number of aromatic nitrogens is 1. The van der Waals surface area contributed by atoms with E-state index in [9.17, 15) is 9.59 Å². The Balaban J connectivity index is 0.00000924. The minimum atomic E-state index is -0.624. The minimum absolute atomic E-state index is 0. The van der Waals surface area contributed by atoms with Crippen molar-refractivity contribution >= 4 is 12.0 Å². The Hall–Kier alpha value is -1.26. The van der Waals surface area contributed by atoms with Gasteiger partial charge in [0, 0.05) is 31.6 Å². The van der Waals surface area contributed by atoms with E-state index in [4.69, 9.17) is 14.2 Å². The fraction of sp³-hybridized carbons (Fsp3) is 0.800. The zero-order valence-electron chi connectivity index (χ0n) is 27.5. The van der Waals surface area contributed by atoms with Gasteiger partial charge in [0.15, 0.2) is 6.20 Å². The number of pyridine rings is 1. The van der Waals surface area contributed by atoms with Crippen molar-refractivity contribution in [2.24, 2.45) is 5.92 Å². The molecule has 248 valence electrons. The van der Waals surface area contributed by atoms with Crippen molar-refractivity contribution in [2.75, 3.05) is 26.4 Å². The Kier molecular flexibility index (Phi) is 24.0. The number of carbonyl (C=O) groups is 2. The van der Waals surface area contributed by atoms with Gasteiger partial charge < -0.3 is 38.2 Å². The van der Waals surface area contributed by atoms with Gasteiger partial charge in [-0.2, -0.15) is 0 Å². The number of unbranched alkanes of at least 4 members (excludes halogenated alkanes) is 15. The molecule has 0 aliphatic carbocycles. The molecule has 0 N–H and O–H groups in total. The van der Waals surface area contributed by atoms with Gasteiger partial charge in [0.25, 0.3) is 0 Å². The first-order valence-corrected chi connectivity index (χ1v) is 17.2. The van der Waals surface area contributed by atoms with E-state index in [1.54, 1.807) is 0 Å². The second kappa shape index (κ2) is 26.0. The highest BCUT2D eigenvalue weighted by molar-refractivity contribution is 5.90. The molecule has 1 aromatic heterocycles. The van der Waals surface area contributed by atoms with Crippen molar-refractivity contribution in [3.05, 3.63) is 30.1 Å². The summed E-state index contributed by atoms with van der Waals surface area (Å²) in [6, 6.07) is 5.75. The summed E-state index contributed by atoms with van der Waals surface area (Å²) >= 11 is 0. The summed E-state index contributed by atoms with van der Waals surface area (Å²) < 4.78 is 19.2. The van der Waals surface area contributed by atoms with Crippen LogP contribution in [0.25, 0.3) is 0 Å². The van der Waals surface area contributed by atoms with Crippen molar-refractivity contribution in [2.45, 2.75) is 149 Å². The van der Waals surface area contributed by atoms with Crippen LogP contribution in [0.1, 0.15) is 136 Å². The number of ether oxygens (including phenoxy) is 3. The molecule has 0 unspecified atom stereocenters. The van der Waals surface area contributed by atoms with Crippen LogP contribution in [0, 0.1) is 5.92 Å². The summed E-state index contributed by atoms with van der Waals surface area (Å²) in [7, 11) is 0. The molecule has 0 bridgehead atoms. The lowest BCUT2D eigenvalue weighted by molar-refractivity contribution is -0.701. The first kappa shape index (κ1) is 39.8. The van der Waals surface area contributed by atoms with Crippen LogP contribution in [0.4, 0.5) is 4.79 Å². The predicted octanol–water partition coefficient (Wildman–Crippen LogP) is 5.17. The van der Waals surface area contributed by atoms with Crippen molar-refractivity contribution < 1.29 is 52.3 Å². The lowest BCUT2D eigenvalue weighted by atomic mass is 10.0. The molecule has 1 aliphatic heterocycles. The molecule has 0 saturated carbocycles. The molecule has 2 atom stereocenters. The second-order valence-corrected chi connectivity index (χ2v) is 12.1. The monoisotopic (exact) mass is 716 g/mol. The minimum Gasteiger partial charge on any atom is -1.00 e. The Labute approximate surface area is 279 Å².